The van der Waals surface area contributed by atoms with E-state index in [1.807, 2.05) is 30.5 Å². The lowest BCUT2D eigenvalue weighted by Gasteiger charge is -1.99. The summed E-state index contributed by atoms with van der Waals surface area (Å²) in [4.78, 5) is 4.30. The number of thioether (sulfide) groups is 1. The summed E-state index contributed by atoms with van der Waals surface area (Å²) in [6, 6.07) is 7.94. The van der Waals surface area contributed by atoms with Gasteiger partial charge in [0, 0.05) is 16.4 Å². The van der Waals surface area contributed by atoms with Gasteiger partial charge in [0.2, 0.25) is 0 Å². The summed E-state index contributed by atoms with van der Waals surface area (Å²) in [7, 11) is 0. The van der Waals surface area contributed by atoms with Crippen molar-refractivity contribution in [3.8, 4) is 0 Å². The minimum atomic E-state index is 0.894. The fourth-order valence-corrected chi connectivity index (χ4v) is 2.22. The molecule has 0 aliphatic carbocycles. The second-order valence-corrected chi connectivity index (χ2v) is 4.94. The molecule has 2 aromatic heterocycles. The van der Waals surface area contributed by atoms with Gasteiger partial charge in [0.25, 0.3) is 0 Å². The largest absolute Gasteiger partial charge is 0.468 e. The fourth-order valence-electron chi connectivity index (χ4n) is 1.14. The Morgan fingerprint density at radius 3 is 2.87 bits per heavy atom. The topological polar surface area (TPSA) is 26.0 Å². The first kappa shape index (κ1) is 10.8. The first-order valence-electron chi connectivity index (χ1n) is 4.55. The molecule has 2 rings (SSSR count). The van der Waals surface area contributed by atoms with Crippen LogP contribution in [0.1, 0.15) is 11.5 Å². The lowest BCUT2D eigenvalue weighted by molar-refractivity contribution is 0.530. The van der Waals surface area contributed by atoms with Gasteiger partial charge in [0.1, 0.15) is 5.76 Å². The molecule has 0 radical (unpaired) electrons. The Balaban J connectivity index is 1.81. The van der Waals surface area contributed by atoms with E-state index in [0.29, 0.717) is 0 Å². The molecule has 0 saturated carbocycles. The van der Waals surface area contributed by atoms with E-state index in [-0.39, 0.29) is 0 Å². The van der Waals surface area contributed by atoms with Gasteiger partial charge in [-0.25, -0.2) is 0 Å². The maximum Gasteiger partial charge on any atom is 0.113 e. The van der Waals surface area contributed by atoms with Crippen LogP contribution in [0.3, 0.4) is 0 Å². The van der Waals surface area contributed by atoms with Crippen molar-refractivity contribution in [3.05, 3.63) is 52.7 Å². The summed E-state index contributed by atoms with van der Waals surface area (Å²) < 4.78 is 6.26. The van der Waals surface area contributed by atoms with E-state index in [2.05, 4.69) is 20.9 Å². The number of aromatic nitrogens is 1. The van der Waals surface area contributed by atoms with Crippen molar-refractivity contribution >= 4 is 27.7 Å². The monoisotopic (exact) mass is 283 g/mol. The highest BCUT2D eigenvalue weighted by Gasteiger charge is 1.98. The molecule has 0 aliphatic heterocycles. The van der Waals surface area contributed by atoms with Crippen LogP contribution in [-0.4, -0.2) is 4.98 Å². The molecule has 78 valence electrons. The minimum absolute atomic E-state index is 0.894. The third-order valence-corrected chi connectivity index (χ3v) is 3.32. The Kier molecular flexibility index (Phi) is 3.86. The van der Waals surface area contributed by atoms with Crippen LogP contribution < -0.4 is 0 Å². The molecule has 0 unspecified atom stereocenters. The van der Waals surface area contributed by atoms with Gasteiger partial charge < -0.3 is 4.42 Å². The SMILES string of the molecule is Brc1ccc(CSCc2ccco2)nc1. The van der Waals surface area contributed by atoms with Crippen LogP contribution in [-0.2, 0) is 11.5 Å². The zero-order chi connectivity index (χ0) is 10.5. The van der Waals surface area contributed by atoms with E-state index in [0.717, 1.165) is 27.4 Å². The van der Waals surface area contributed by atoms with Crippen molar-refractivity contribution in [2.75, 3.05) is 0 Å². The molecular weight excluding hydrogens is 274 g/mol. The maximum absolute atomic E-state index is 5.24. The number of hydrogen-bond donors (Lipinski definition) is 0. The molecule has 0 spiro atoms. The summed E-state index contributed by atoms with van der Waals surface area (Å²) in [5, 5.41) is 0. The predicted molar refractivity (Wildman–Crippen MR) is 65.6 cm³/mol. The molecule has 0 aliphatic rings. The second kappa shape index (κ2) is 5.37. The molecule has 0 amide bonds. The summed E-state index contributed by atoms with van der Waals surface area (Å²) in [6.07, 6.45) is 3.52. The molecule has 0 aromatic carbocycles. The van der Waals surface area contributed by atoms with Gasteiger partial charge >= 0.3 is 0 Å². The van der Waals surface area contributed by atoms with E-state index in [9.17, 15) is 0 Å². The lowest BCUT2D eigenvalue weighted by Crippen LogP contribution is -1.86. The number of halogens is 1. The molecular formula is C11H10BrNOS. The van der Waals surface area contributed by atoms with Crippen molar-refractivity contribution in [3.63, 3.8) is 0 Å². The van der Waals surface area contributed by atoms with Gasteiger partial charge in [0.15, 0.2) is 0 Å². The minimum Gasteiger partial charge on any atom is -0.468 e. The molecule has 2 nitrogen and oxygen atoms in total. The van der Waals surface area contributed by atoms with E-state index >= 15 is 0 Å². The maximum atomic E-state index is 5.24. The third-order valence-electron chi connectivity index (χ3n) is 1.86. The first-order valence-corrected chi connectivity index (χ1v) is 6.50. The number of hydrogen-bond acceptors (Lipinski definition) is 3. The van der Waals surface area contributed by atoms with Crippen molar-refractivity contribution in [2.45, 2.75) is 11.5 Å². The molecule has 15 heavy (non-hydrogen) atoms. The highest BCUT2D eigenvalue weighted by atomic mass is 79.9. The summed E-state index contributed by atoms with van der Waals surface area (Å²) in [6.45, 7) is 0. The van der Waals surface area contributed by atoms with Crippen molar-refractivity contribution < 1.29 is 4.42 Å². The van der Waals surface area contributed by atoms with Crippen LogP contribution >= 0.6 is 27.7 Å². The Labute approximate surface area is 101 Å². The van der Waals surface area contributed by atoms with Crippen molar-refractivity contribution in [1.29, 1.82) is 0 Å². The molecule has 0 fully saturated rings. The molecule has 0 N–H and O–H groups in total. The Morgan fingerprint density at radius 1 is 1.27 bits per heavy atom. The smallest absolute Gasteiger partial charge is 0.113 e. The standard InChI is InChI=1S/C11H10BrNOS/c12-9-3-4-10(13-6-9)7-15-8-11-2-1-5-14-11/h1-6H,7-8H2. The van der Waals surface area contributed by atoms with Crippen LogP contribution in [0.5, 0.6) is 0 Å². The van der Waals surface area contributed by atoms with E-state index in [1.54, 1.807) is 18.0 Å². The third kappa shape index (κ3) is 3.39. The number of nitrogens with zero attached hydrogens (tertiary/aromatic N) is 1. The zero-order valence-electron chi connectivity index (χ0n) is 8.02. The van der Waals surface area contributed by atoms with Crippen LogP contribution in [0.25, 0.3) is 0 Å². The fraction of sp³-hybridized carbons (Fsp3) is 0.182. The Hall–Kier alpha value is -0.740. The highest BCUT2D eigenvalue weighted by molar-refractivity contribution is 9.10. The molecule has 0 bridgehead atoms. The van der Waals surface area contributed by atoms with Crippen molar-refractivity contribution in [2.24, 2.45) is 0 Å². The molecule has 2 heterocycles. The predicted octanol–water partition coefficient (Wildman–Crippen LogP) is 3.87. The molecule has 4 heteroatoms. The van der Waals surface area contributed by atoms with Gasteiger partial charge in [-0.1, -0.05) is 0 Å². The van der Waals surface area contributed by atoms with Gasteiger partial charge in [0.05, 0.1) is 17.7 Å². The molecule has 2 aromatic rings. The van der Waals surface area contributed by atoms with E-state index in [1.165, 1.54) is 0 Å². The average Bonchev–Trinajstić information content (AvgIpc) is 2.74. The number of rotatable bonds is 4. The quantitative estimate of drug-likeness (QED) is 0.852. The summed E-state index contributed by atoms with van der Waals surface area (Å²) in [5.74, 6) is 2.82. The van der Waals surface area contributed by atoms with Gasteiger partial charge in [-0.05, 0) is 40.2 Å². The summed E-state index contributed by atoms with van der Waals surface area (Å²) >= 11 is 5.16. The molecule has 0 atom stereocenters. The van der Waals surface area contributed by atoms with Gasteiger partial charge in [-0.2, -0.15) is 0 Å². The van der Waals surface area contributed by atoms with Crippen LogP contribution in [0.4, 0.5) is 0 Å². The van der Waals surface area contributed by atoms with E-state index in [4.69, 9.17) is 4.42 Å². The van der Waals surface area contributed by atoms with Gasteiger partial charge in [-0.15, -0.1) is 11.8 Å². The zero-order valence-corrected chi connectivity index (χ0v) is 10.4. The Bertz CT molecular complexity index is 399. The molecule has 0 saturated heterocycles. The van der Waals surface area contributed by atoms with Gasteiger partial charge in [-0.3, -0.25) is 4.98 Å². The highest BCUT2D eigenvalue weighted by Crippen LogP contribution is 2.17. The first-order chi connectivity index (χ1) is 7.34. The average molecular weight is 284 g/mol. The van der Waals surface area contributed by atoms with E-state index < -0.39 is 0 Å². The second-order valence-electron chi connectivity index (χ2n) is 3.04. The summed E-state index contributed by atoms with van der Waals surface area (Å²) in [5.41, 5.74) is 1.09. The lowest BCUT2D eigenvalue weighted by atomic mass is 10.4. The Morgan fingerprint density at radius 2 is 2.20 bits per heavy atom. The van der Waals surface area contributed by atoms with Crippen LogP contribution in [0.15, 0.2) is 45.6 Å². The van der Waals surface area contributed by atoms with Crippen LogP contribution in [0, 0.1) is 0 Å². The number of furan rings is 1. The number of pyridine rings is 1. The van der Waals surface area contributed by atoms with Crippen LogP contribution in [0.2, 0.25) is 0 Å². The normalized spacial score (nSPS) is 10.5. The van der Waals surface area contributed by atoms with Crippen molar-refractivity contribution in [1.82, 2.24) is 4.98 Å².